The molecule has 0 N–H and O–H groups in total. The van der Waals surface area contributed by atoms with Gasteiger partial charge in [0.05, 0.1) is 14.2 Å². The van der Waals surface area contributed by atoms with Crippen LogP contribution >= 0.6 is 0 Å². The molecule has 0 atom stereocenters. The second kappa shape index (κ2) is 7.77. The fraction of sp³-hybridized carbons (Fsp3) is 0.300. The molecule has 126 valence electrons. The molecule has 0 saturated carbocycles. The molecule has 0 bridgehead atoms. The van der Waals surface area contributed by atoms with Crippen molar-refractivity contribution in [2.24, 2.45) is 0 Å². The lowest BCUT2D eigenvalue weighted by Gasteiger charge is -2.17. The summed E-state index contributed by atoms with van der Waals surface area (Å²) in [6, 6.07) is 5.83. The monoisotopic (exact) mass is 325 g/mol. The minimum atomic E-state index is -0.0124. The van der Waals surface area contributed by atoms with Crippen molar-refractivity contribution in [1.29, 1.82) is 0 Å². The lowest BCUT2D eigenvalue weighted by atomic mass is 9.92. The second-order valence-electron chi connectivity index (χ2n) is 5.39. The van der Waals surface area contributed by atoms with Crippen molar-refractivity contribution in [2.75, 3.05) is 14.2 Å². The third kappa shape index (κ3) is 3.32. The largest absolute Gasteiger partial charge is 0.496 e. The van der Waals surface area contributed by atoms with Gasteiger partial charge in [-0.15, -0.1) is 0 Å². The first-order valence-corrected chi connectivity index (χ1v) is 7.94. The highest BCUT2D eigenvalue weighted by Gasteiger charge is 2.17. The first-order valence-electron chi connectivity index (χ1n) is 7.94. The molecule has 0 aliphatic carbocycles. The van der Waals surface area contributed by atoms with Crippen molar-refractivity contribution in [3.8, 4) is 11.5 Å². The summed E-state index contributed by atoms with van der Waals surface area (Å²) in [5.41, 5.74) is 4.37. The number of methoxy groups -OCH3 is 2. The molecule has 0 fully saturated rings. The van der Waals surface area contributed by atoms with Crippen molar-refractivity contribution < 1.29 is 14.3 Å². The average molecular weight is 325 g/mol. The molecule has 0 radical (unpaired) electrons. The van der Waals surface area contributed by atoms with Gasteiger partial charge in [-0.1, -0.05) is 13.0 Å². The summed E-state index contributed by atoms with van der Waals surface area (Å²) >= 11 is 0. The van der Waals surface area contributed by atoms with E-state index in [-0.39, 0.29) is 5.78 Å². The van der Waals surface area contributed by atoms with Gasteiger partial charge in [0.25, 0.3) is 0 Å². The molecular weight excluding hydrogens is 302 g/mol. The zero-order chi connectivity index (χ0) is 17.7. The number of allylic oxidation sites excluding steroid dienone is 1. The van der Waals surface area contributed by atoms with Gasteiger partial charge in [-0.05, 0) is 55.2 Å². The standard InChI is InChI=1S/C20H23NO3/c1-6-15(17-8-9-21-12-18(17)13(3)22)14-10-19(23-4)16(7-2)20(11-14)24-5/h6,8-12H,7H2,1-5H3/b15-6-. The van der Waals surface area contributed by atoms with Crippen LogP contribution in [0.1, 0.15) is 47.8 Å². The molecule has 2 aromatic rings. The van der Waals surface area contributed by atoms with Crippen LogP contribution in [-0.4, -0.2) is 25.0 Å². The van der Waals surface area contributed by atoms with Crippen LogP contribution in [0.4, 0.5) is 0 Å². The van der Waals surface area contributed by atoms with Gasteiger partial charge in [-0.3, -0.25) is 9.78 Å². The molecule has 24 heavy (non-hydrogen) atoms. The lowest BCUT2D eigenvalue weighted by molar-refractivity contribution is 0.101. The van der Waals surface area contributed by atoms with Gasteiger partial charge in [-0.25, -0.2) is 0 Å². The van der Waals surface area contributed by atoms with Gasteiger partial charge in [0.2, 0.25) is 0 Å². The number of pyridine rings is 1. The van der Waals surface area contributed by atoms with E-state index in [0.29, 0.717) is 5.56 Å². The Hall–Kier alpha value is -2.62. The SMILES string of the molecule is C/C=C(/c1cc(OC)c(CC)c(OC)c1)c1ccncc1C(C)=O. The van der Waals surface area contributed by atoms with Crippen LogP contribution in [0.5, 0.6) is 11.5 Å². The van der Waals surface area contributed by atoms with Crippen LogP contribution in [0.15, 0.2) is 36.7 Å². The number of aromatic nitrogens is 1. The maximum absolute atomic E-state index is 11.9. The van der Waals surface area contributed by atoms with Crippen molar-refractivity contribution in [3.63, 3.8) is 0 Å². The van der Waals surface area contributed by atoms with E-state index < -0.39 is 0 Å². The van der Waals surface area contributed by atoms with E-state index in [9.17, 15) is 4.79 Å². The predicted octanol–water partition coefficient (Wildman–Crippen LogP) is 4.32. The molecule has 1 aromatic carbocycles. The van der Waals surface area contributed by atoms with Crippen LogP contribution in [0.2, 0.25) is 0 Å². The van der Waals surface area contributed by atoms with Crippen LogP contribution in [0, 0.1) is 0 Å². The highest BCUT2D eigenvalue weighted by Crippen LogP contribution is 2.36. The van der Waals surface area contributed by atoms with E-state index in [1.165, 1.54) is 0 Å². The number of carbonyl (C=O) groups is 1. The Morgan fingerprint density at radius 3 is 2.25 bits per heavy atom. The van der Waals surface area contributed by atoms with Crippen LogP contribution in [0.25, 0.3) is 5.57 Å². The topological polar surface area (TPSA) is 48.4 Å². The van der Waals surface area contributed by atoms with E-state index in [4.69, 9.17) is 9.47 Å². The number of rotatable bonds is 6. The lowest BCUT2D eigenvalue weighted by Crippen LogP contribution is -2.03. The van der Waals surface area contributed by atoms with Crippen LogP contribution in [0.3, 0.4) is 0 Å². The van der Waals surface area contributed by atoms with E-state index in [1.807, 2.05) is 31.2 Å². The summed E-state index contributed by atoms with van der Waals surface area (Å²) in [6.45, 7) is 5.56. The molecule has 0 aliphatic rings. The van der Waals surface area contributed by atoms with Crippen molar-refractivity contribution >= 4 is 11.4 Å². The minimum Gasteiger partial charge on any atom is -0.496 e. The van der Waals surface area contributed by atoms with Gasteiger partial charge in [0.15, 0.2) is 5.78 Å². The van der Waals surface area contributed by atoms with Gasteiger partial charge in [-0.2, -0.15) is 0 Å². The molecule has 0 spiro atoms. The molecule has 0 aliphatic heterocycles. The number of benzene rings is 1. The third-order valence-electron chi connectivity index (χ3n) is 4.05. The number of hydrogen-bond acceptors (Lipinski definition) is 4. The summed E-state index contributed by atoms with van der Waals surface area (Å²) in [7, 11) is 3.31. The van der Waals surface area contributed by atoms with Gasteiger partial charge in [0, 0.05) is 23.5 Å². The summed E-state index contributed by atoms with van der Waals surface area (Å²) in [5.74, 6) is 1.55. The Morgan fingerprint density at radius 1 is 1.17 bits per heavy atom. The van der Waals surface area contributed by atoms with Crippen LogP contribution < -0.4 is 9.47 Å². The Labute approximate surface area is 143 Å². The number of ketones is 1. The van der Waals surface area contributed by atoms with Gasteiger partial charge >= 0.3 is 0 Å². The Morgan fingerprint density at radius 2 is 1.79 bits per heavy atom. The number of Topliss-reactive ketones (excluding diaryl/α,β-unsaturated/α-hetero) is 1. The Bertz CT molecular complexity index is 753. The zero-order valence-corrected chi connectivity index (χ0v) is 14.8. The quantitative estimate of drug-likeness (QED) is 0.742. The molecule has 1 aromatic heterocycles. The van der Waals surface area contributed by atoms with Gasteiger partial charge < -0.3 is 9.47 Å². The molecule has 0 unspecified atom stereocenters. The van der Waals surface area contributed by atoms with E-state index in [1.54, 1.807) is 33.5 Å². The van der Waals surface area contributed by atoms with Gasteiger partial charge in [0.1, 0.15) is 11.5 Å². The average Bonchev–Trinajstić information content (AvgIpc) is 2.61. The molecule has 0 saturated heterocycles. The summed E-state index contributed by atoms with van der Waals surface area (Å²) in [5, 5.41) is 0. The zero-order valence-electron chi connectivity index (χ0n) is 14.8. The Balaban J connectivity index is 2.67. The fourth-order valence-electron chi connectivity index (χ4n) is 2.88. The normalized spacial score (nSPS) is 11.3. The number of hydrogen-bond donors (Lipinski definition) is 0. The second-order valence-corrected chi connectivity index (χ2v) is 5.39. The summed E-state index contributed by atoms with van der Waals surface area (Å²) in [6.07, 6.45) is 6.10. The minimum absolute atomic E-state index is 0.0124. The smallest absolute Gasteiger partial charge is 0.161 e. The highest BCUT2D eigenvalue weighted by atomic mass is 16.5. The van der Waals surface area contributed by atoms with Crippen molar-refractivity contribution in [2.45, 2.75) is 27.2 Å². The van der Waals surface area contributed by atoms with E-state index in [0.717, 1.165) is 40.2 Å². The molecule has 4 heteroatoms. The first-order chi connectivity index (χ1) is 11.6. The maximum Gasteiger partial charge on any atom is 0.161 e. The van der Waals surface area contributed by atoms with Crippen molar-refractivity contribution in [3.05, 3.63) is 58.9 Å². The first kappa shape index (κ1) is 17.7. The molecule has 0 amide bonds. The molecule has 4 nitrogen and oxygen atoms in total. The fourth-order valence-corrected chi connectivity index (χ4v) is 2.88. The predicted molar refractivity (Wildman–Crippen MR) is 95.9 cm³/mol. The highest BCUT2D eigenvalue weighted by molar-refractivity contribution is 6.00. The Kier molecular flexibility index (Phi) is 5.74. The number of ether oxygens (including phenoxy) is 2. The van der Waals surface area contributed by atoms with E-state index in [2.05, 4.69) is 11.9 Å². The number of nitrogens with zero attached hydrogens (tertiary/aromatic N) is 1. The van der Waals surface area contributed by atoms with E-state index >= 15 is 0 Å². The van der Waals surface area contributed by atoms with Crippen LogP contribution in [-0.2, 0) is 6.42 Å². The molecule has 2 rings (SSSR count). The molecule has 1 heterocycles. The van der Waals surface area contributed by atoms with Crippen molar-refractivity contribution in [1.82, 2.24) is 4.98 Å². The number of carbonyl (C=O) groups excluding carboxylic acids is 1. The summed E-state index contributed by atoms with van der Waals surface area (Å²) in [4.78, 5) is 16.0. The maximum atomic E-state index is 11.9. The molecular formula is C20H23NO3. The third-order valence-corrected chi connectivity index (χ3v) is 4.05. The summed E-state index contributed by atoms with van der Waals surface area (Å²) < 4.78 is 11.1.